The molecule has 1 aromatic rings. The molecule has 2 atom stereocenters. The monoisotopic (exact) mass is 274 g/mol. The van der Waals surface area contributed by atoms with Crippen molar-refractivity contribution in [2.75, 3.05) is 19.6 Å². The number of carbonyl (C=O) groups excluding carboxylic acids is 1. The molecule has 4 heteroatoms. The SMILES string of the molecule is O=C(NCCCc1ccco1)N1C[C@H]2CC=CC[C@H]2C1. The van der Waals surface area contributed by atoms with E-state index >= 15 is 0 Å². The molecular weight excluding hydrogens is 252 g/mol. The van der Waals surface area contributed by atoms with Gasteiger partial charge in [-0.15, -0.1) is 0 Å². The Balaban J connectivity index is 1.37. The minimum atomic E-state index is 0.0962. The number of allylic oxidation sites excluding steroid dienone is 2. The van der Waals surface area contributed by atoms with Crippen molar-refractivity contribution in [2.45, 2.75) is 25.7 Å². The number of urea groups is 1. The van der Waals surface area contributed by atoms with E-state index in [4.69, 9.17) is 4.42 Å². The molecule has 0 saturated carbocycles. The zero-order valence-electron chi connectivity index (χ0n) is 11.8. The van der Waals surface area contributed by atoms with E-state index in [9.17, 15) is 4.79 Å². The Labute approximate surface area is 119 Å². The highest BCUT2D eigenvalue weighted by atomic mass is 16.3. The Morgan fingerprint density at radius 2 is 2.05 bits per heavy atom. The van der Waals surface area contributed by atoms with Crippen LogP contribution in [0.1, 0.15) is 25.0 Å². The highest BCUT2D eigenvalue weighted by Crippen LogP contribution is 2.32. The molecule has 2 aliphatic rings. The third kappa shape index (κ3) is 3.06. The molecule has 1 fully saturated rings. The van der Waals surface area contributed by atoms with E-state index in [1.807, 2.05) is 17.0 Å². The van der Waals surface area contributed by atoms with Crippen molar-refractivity contribution < 1.29 is 9.21 Å². The predicted octanol–water partition coefficient (Wildman–Crippen LogP) is 2.82. The number of hydrogen-bond acceptors (Lipinski definition) is 2. The first-order valence-electron chi connectivity index (χ1n) is 7.53. The lowest BCUT2D eigenvalue weighted by molar-refractivity contribution is 0.206. The smallest absolute Gasteiger partial charge is 0.317 e. The van der Waals surface area contributed by atoms with Gasteiger partial charge in [0.1, 0.15) is 5.76 Å². The van der Waals surface area contributed by atoms with Gasteiger partial charge in [-0.1, -0.05) is 12.2 Å². The molecule has 2 heterocycles. The lowest BCUT2D eigenvalue weighted by atomic mass is 9.86. The highest BCUT2D eigenvalue weighted by molar-refractivity contribution is 5.74. The van der Waals surface area contributed by atoms with Crippen LogP contribution in [0.5, 0.6) is 0 Å². The van der Waals surface area contributed by atoms with Crippen LogP contribution in [0.3, 0.4) is 0 Å². The van der Waals surface area contributed by atoms with Crippen LogP contribution in [0.4, 0.5) is 4.79 Å². The summed E-state index contributed by atoms with van der Waals surface area (Å²) in [7, 11) is 0. The van der Waals surface area contributed by atoms with Crippen molar-refractivity contribution in [3.63, 3.8) is 0 Å². The van der Waals surface area contributed by atoms with Gasteiger partial charge in [0, 0.05) is 26.1 Å². The van der Waals surface area contributed by atoms with Gasteiger partial charge < -0.3 is 14.6 Å². The Kier molecular flexibility index (Phi) is 4.09. The molecule has 1 saturated heterocycles. The molecule has 4 nitrogen and oxygen atoms in total. The van der Waals surface area contributed by atoms with Crippen molar-refractivity contribution in [2.24, 2.45) is 11.8 Å². The van der Waals surface area contributed by atoms with Gasteiger partial charge in [-0.2, -0.15) is 0 Å². The normalized spacial score (nSPS) is 24.7. The first-order valence-corrected chi connectivity index (χ1v) is 7.53. The second-order valence-corrected chi connectivity index (χ2v) is 5.78. The molecule has 2 amide bonds. The van der Waals surface area contributed by atoms with Crippen LogP contribution in [-0.4, -0.2) is 30.6 Å². The third-order valence-electron chi connectivity index (χ3n) is 4.36. The van der Waals surface area contributed by atoms with Crippen molar-refractivity contribution in [1.29, 1.82) is 0 Å². The van der Waals surface area contributed by atoms with Gasteiger partial charge in [0.15, 0.2) is 0 Å². The number of fused-ring (bicyclic) bond motifs is 1. The highest BCUT2D eigenvalue weighted by Gasteiger charge is 2.34. The first kappa shape index (κ1) is 13.3. The number of carbonyl (C=O) groups is 1. The molecular formula is C16H22N2O2. The maximum atomic E-state index is 12.1. The van der Waals surface area contributed by atoms with E-state index in [2.05, 4.69) is 17.5 Å². The standard InChI is InChI=1S/C16H22N2O2/c19-16(17-9-3-7-15-8-4-10-20-15)18-11-13-5-1-2-6-14(13)12-18/h1-2,4,8,10,13-14H,3,5-7,9,11-12H2,(H,17,19)/t13-,14+. The van der Waals surface area contributed by atoms with E-state index in [0.717, 1.165) is 44.5 Å². The van der Waals surface area contributed by atoms with E-state index in [1.54, 1.807) is 6.26 Å². The average molecular weight is 274 g/mol. The minimum Gasteiger partial charge on any atom is -0.469 e. The quantitative estimate of drug-likeness (QED) is 0.678. The molecule has 0 spiro atoms. The van der Waals surface area contributed by atoms with Gasteiger partial charge in [-0.05, 0) is 43.2 Å². The Hall–Kier alpha value is -1.71. The van der Waals surface area contributed by atoms with Gasteiger partial charge >= 0.3 is 6.03 Å². The maximum absolute atomic E-state index is 12.1. The number of nitrogens with one attached hydrogen (secondary N) is 1. The number of furan rings is 1. The van der Waals surface area contributed by atoms with Gasteiger partial charge in [0.25, 0.3) is 0 Å². The van der Waals surface area contributed by atoms with Crippen molar-refractivity contribution in [1.82, 2.24) is 10.2 Å². The Bertz CT molecular complexity index is 451. The van der Waals surface area contributed by atoms with Gasteiger partial charge in [0.2, 0.25) is 0 Å². The minimum absolute atomic E-state index is 0.0962. The molecule has 20 heavy (non-hydrogen) atoms. The number of amides is 2. The molecule has 0 unspecified atom stereocenters. The summed E-state index contributed by atoms with van der Waals surface area (Å²) in [5.74, 6) is 2.33. The fourth-order valence-corrected chi connectivity index (χ4v) is 3.21. The second-order valence-electron chi connectivity index (χ2n) is 5.78. The third-order valence-corrected chi connectivity index (χ3v) is 4.36. The zero-order chi connectivity index (χ0) is 13.8. The van der Waals surface area contributed by atoms with Crippen LogP contribution >= 0.6 is 0 Å². The molecule has 0 aromatic carbocycles. The van der Waals surface area contributed by atoms with Crippen molar-refractivity contribution in [3.8, 4) is 0 Å². The molecule has 1 aliphatic carbocycles. The molecule has 108 valence electrons. The first-order chi connectivity index (χ1) is 9.83. The summed E-state index contributed by atoms with van der Waals surface area (Å²) in [5, 5.41) is 3.02. The summed E-state index contributed by atoms with van der Waals surface area (Å²) < 4.78 is 5.27. The topological polar surface area (TPSA) is 45.5 Å². The van der Waals surface area contributed by atoms with Gasteiger partial charge in [-0.25, -0.2) is 4.79 Å². The molecule has 1 aromatic heterocycles. The summed E-state index contributed by atoms with van der Waals surface area (Å²) in [4.78, 5) is 14.1. The van der Waals surface area contributed by atoms with Crippen LogP contribution in [0, 0.1) is 11.8 Å². The maximum Gasteiger partial charge on any atom is 0.317 e. The zero-order valence-corrected chi connectivity index (χ0v) is 11.8. The molecule has 0 bridgehead atoms. The summed E-state index contributed by atoms with van der Waals surface area (Å²) >= 11 is 0. The fourth-order valence-electron chi connectivity index (χ4n) is 3.21. The van der Waals surface area contributed by atoms with Crippen LogP contribution in [-0.2, 0) is 6.42 Å². The van der Waals surface area contributed by atoms with Crippen LogP contribution in [0.25, 0.3) is 0 Å². The molecule has 1 N–H and O–H groups in total. The summed E-state index contributed by atoms with van der Waals surface area (Å²) in [6.45, 7) is 2.54. The average Bonchev–Trinajstić information content (AvgIpc) is 3.12. The van der Waals surface area contributed by atoms with Crippen LogP contribution in [0.15, 0.2) is 35.0 Å². The van der Waals surface area contributed by atoms with Crippen LogP contribution < -0.4 is 5.32 Å². The number of likely N-dealkylation sites (tertiary alicyclic amines) is 1. The van der Waals surface area contributed by atoms with Gasteiger partial charge in [0.05, 0.1) is 6.26 Å². The fraction of sp³-hybridized carbons (Fsp3) is 0.562. The second kappa shape index (κ2) is 6.16. The summed E-state index contributed by atoms with van der Waals surface area (Å²) in [6.07, 6.45) is 10.3. The summed E-state index contributed by atoms with van der Waals surface area (Å²) in [5.41, 5.74) is 0. The van der Waals surface area contributed by atoms with E-state index < -0.39 is 0 Å². The Morgan fingerprint density at radius 1 is 1.30 bits per heavy atom. The molecule has 1 aliphatic heterocycles. The predicted molar refractivity (Wildman–Crippen MR) is 77.4 cm³/mol. The summed E-state index contributed by atoms with van der Waals surface area (Å²) in [6, 6.07) is 3.97. The Morgan fingerprint density at radius 3 is 2.70 bits per heavy atom. The van der Waals surface area contributed by atoms with E-state index in [1.165, 1.54) is 0 Å². The van der Waals surface area contributed by atoms with Crippen molar-refractivity contribution in [3.05, 3.63) is 36.3 Å². The number of rotatable bonds is 4. The van der Waals surface area contributed by atoms with E-state index in [0.29, 0.717) is 18.4 Å². The lowest BCUT2D eigenvalue weighted by Gasteiger charge is -2.17. The lowest BCUT2D eigenvalue weighted by Crippen LogP contribution is -2.39. The van der Waals surface area contributed by atoms with E-state index in [-0.39, 0.29) is 6.03 Å². The number of nitrogens with zero attached hydrogens (tertiary/aromatic N) is 1. The molecule has 0 radical (unpaired) electrons. The largest absolute Gasteiger partial charge is 0.469 e. The number of hydrogen-bond donors (Lipinski definition) is 1. The van der Waals surface area contributed by atoms with Crippen LogP contribution in [0.2, 0.25) is 0 Å². The number of aryl methyl sites for hydroxylation is 1. The van der Waals surface area contributed by atoms with Crippen molar-refractivity contribution >= 4 is 6.03 Å². The molecule has 3 rings (SSSR count). The van der Waals surface area contributed by atoms with Gasteiger partial charge in [-0.3, -0.25) is 0 Å².